The van der Waals surface area contributed by atoms with E-state index in [2.05, 4.69) is 30.9 Å². The Morgan fingerprint density at radius 1 is 1.33 bits per heavy atom. The molecule has 0 amide bonds. The van der Waals surface area contributed by atoms with Crippen molar-refractivity contribution in [3.05, 3.63) is 23.3 Å². The fourth-order valence-electron chi connectivity index (χ4n) is 4.98. The van der Waals surface area contributed by atoms with Crippen LogP contribution in [-0.4, -0.2) is 50.6 Å². The molecule has 1 aromatic rings. The molecule has 0 N–H and O–H groups in total. The number of benzene rings is 1. The fourth-order valence-corrected chi connectivity index (χ4v) is 4.98. The maximum atomic E-state index is 12.4. The summed E-state index contributed by atoms with van der Waals surface area (Å²) in [4.78, 5) is 2.64. The first-order valence-electron chi connectivity index (χ1n) is 10.3. The Morgan fingerprint density at radius 3 is 2.81 bits per heavy atom. The van der Waals surface area contributed by atoms with Crippen LogP contribution in [0, 0.1) is 11.8 Å². The predicted molar refractivity (Wildman–Crippen MR) is 103 cm³/mol. The molecule has 0 bridgehead atoms. The van der Waals surface area contributed by atoms with Gasteiger partial charge in [0.2, 0.25) is 0 Å². The Morgan fingerprint density at radius 2 is 2.15 bits per heavy atom. The highest BCUT2D eigenvalue weighted by Gasteiger charge is 2.57. The molecule has 4 nitrogen and oxygen atoms in total. The topological polar surface area (TPSA) is 34.2 Å². The van der Waals surface area contributed by atoms with Crippen molar-refractivity contribution in [3.63, 3.8) is 0 Å². The number of methoxy groups -OCH3 is 1. The minimum Gasteiger partial charge on any atom is -0.493 e. The molecule has 3 heterocycles. The molecule has 0 aliphatic carbocycles. The van der Waals surface area contributed by atoms with E-state index < -0.39 is 0 Å². The SMILES string of the molecule is COc1cc2c(cc1OCCCF)CCN1CC(CC(C)C)C3(CO3)CC21. The van der Waals surface area contributed by atoms with Gasteiger partial charge in [-0.15, -0.1) is 0 Å². The second-order valence-corrected chi connectivity index (χ2v) is 8.74. The molecule has 0 radical (unpaired) electrons. The molecule has 2 fully saturated rings. The summed E-state index contributed by atoms with van der Waals surface area (Å²) in [5.41, 5.74) is 2.78. The number of halogens is 1. The summed E-state index contributed by atoms with van der Waals surface area (Å²) >= 11 is 0. The Labute approximate surface area is 162 Å². The second-order valence-electron chi connectivity index (χ2n) is 8.74. The zero-order valence-corrected chi connectivity index (χ0v) is 16.8. The Hall–Kier alpha value is -1.33. The van der Waals surface area contributed by atoms with E-state index in [9.17, 15) is 4.39 Å². The molecular weight excluding hydrogens is 345 g/mol. The minimum absolute atomic E-state index is 0.0869. The van der Waals surface area contributed by atoms with E-state index in [1.54, 1.807) is 7.11 Å². The van der Waals surface area contributed by atoms with Crippen molar-refractivity contribution in [1.29, 1.82) is 0 Å². The predicted octanol–water partition coefficient (Wildman–Crippen LogP) is 4.17. The summed E-state index contributed by atoms with van der Waals surface area (Å²) in [5, 5.41) is 0. The van der Waals surface area contributed by atoms with Gasteiger partial charge in [-0.3, -0.25) is 9.29 Å². The van der Waals surface area contributed by atoms with Crippen LogP contribution in [0.4, 0.5) is 4.39 Å². The van der Waals surface area contributed by atoms with Gasteiger partial charge in [0.05, 0.1) is 32.6 Å². The monoisotopic (exact) mass is 377 g/mol. The number of epoxide rings is 1. The number of hydrogen-bond donors (Lipinski definition) is 0. The number of ether oxygens (including phenoxy) is 3. The molecule has 3 atom stereocenters. The smallest absolute Gasteiger partial charge is 0.161 e. The average molecular weight is 378 g/mol. The Kier molecular flexibility index (Phi) is 5.34. The maximum absolute atomic E-state index is 12.4. The molecule has 0 saturated carbocycles. The van der Waals surface area contributed by atoms with Crippen LogP contribution in [0.1, 0.15) is 50.3 Å². The van der Waals surface area contributed by atoms with Gasteiger partial charge < -0.3 is 14.2 Å². The third-order valence-electron chi connectivity index (χ3n) is 6.44. The largest absolute Gasteiger partial charge is 0.493 e. The fraction of sp³-hybridized carbons (Fsp3) is 0.727. The number of rotatable bonds is 7. The van der Waals surface area contributed by atoms with Gasteiger partial charge in [0.1, 0.15) is 0 Å². The van der Waals surface area contributed by atoms with Crippen LogP contribution in [0.25, 0.3) is 0 Å². The number of nitrogens with zero attached hydrogens (tertiary/aromatic N) is 1. The van der Waals surface area contributed by atoms with E-state index in [1.807, 2.05) is 0 Å². The Balaban J connectivity index is 1.58. The molecule has 4 rings (SSSR count). The maximum Gasteiger partial charge on any atom is 0.161 e. The summed E-state index contributed by atoms with van der Waals surface area (Å²) in [6, 6.07) is 4.66. The molecule has 3 aliphatic rings. The average Bonchev–Trinajstić information content (AvgIpc) is 3.42. The van der Waals surface area contributed by atoms with E-state index in [-0.39, 0.29) is 12.3 Å². The summed E-state index contributed by atoms with van der Waals surface area (Å²) in [6.07, 6.45) is 3.74. The summed E-state index contributed by atoms with van der Waals surface area (Å²) in [6.45, 7) is 7.76. The summed E-state index contributed by atoms with van der Waals surface area (Å²) < 4.78 is 29.8. The van der Waals surface area contributed by atoms with Crippen molar-refractivity contribution < 1.29 is 18.6 Å². The number of alkyl halides is 1. The molecule has 27 heavy (non-hydrogen) atoms. The highest BCUT2D eigenvalue weighted by molar-refractivity contribution is 5.50. The van der Waals surface area contributed by atoms with Gasteiger partial charge in [-0.2, -0.15) is 0 Å². The van der Waals surface area contributed by atoms with E-state index >= 15 is 0 Å². The van der Waals surface area contributed by atoms with Crippen LogP contribution in [0.3, 0.4) is 0 Å². The summed E-state index contributed by atoms with van der Waals surface area (Å²) in [7, 11) is 1.68. The van der Waals surface area contributed by atoms with Crippen LogP contribution in [0.5, 0.6) is 11.5 Å². The second kappa shape index (κ2) is 7.59. The van der Waals surface area contributed by atoms with Crippen LogP contribution < -0.4 is 9.47 Å². The first-order valence-corrected chi connectivity index (χ1v) is 10.3. The quantitative estimate of drug-likeness (QED) is 0.528. The zero-order valence-electron chi connectivity index (χ0n) is 16.8. The van der Waals surface area contributed by atoms with E-state index in [4.69, 9.17) is 14.2 Å². The van der Waals surface area contributed by atoms with Gasteiger partial charge in [-0.1, -0.05) is 13.8 Å². The number of piperidine rings is 1. The van der Waals surface area contributed by atoms with Gasteiger partial charge in [-0.05, 0) is 48.4 Å². The van der Waals surface area contributed by atoms with Crippen LogP contribution in [0.15, 0.2) is 12.1 Å². The third kappa shape index (κ3) is 3.68. The van der Waals surface area contributed by atoms with Crippen molar-refractivity contribution in [2.45, 2.75) is 51.2 Å². The molecule has 0 aromatic heterocycles. The van der Waals surface area contributed by atoms with Gasteiger partial charge in [0, 0.05) is 31.5 Å². The standard InChI is InChI=1S/C22H32FNO3/c1-15(2)9-17-13-24-7-5-16-10-21(26-8-4-6-23)20(25-3)11-18(16)19(24)12-22(17)14-27-22/h10-11,15,17,19H,4-9,12-14H2,1-3H3. The van der Waals surface area contributed by atoms with Crippen molar-refractivity contribution in [3.8, 4) is 11.5 Å². The van der Waals surface area contributed by atoms with Crippen LogP contribution in [-0.2, 0) is 11.2 Å². The third-order valence-corrected chi connectivity index (χ3v) is 6.44. The van der Waals surface area contributed by atoms with E-state index in [1.165, 1.54) is 17.5 Å². The van der Waals surface area contributed by atoms with Gasteiger partial charge >= 0.3 is 0 Å². The van der Waals surface area contributed by atoms with Crippen molar-refractivity contribution in [2.24, 2.45) is 11.8 Å². The van der Waals surface area contributed by atoms with Crippen LogP contribution in [0.2, 0.25) is 0 Å². The lowest BCUT2D eigenvalue weighted by Gasteiger charge is -2.47. The molecule has 5 heteroatoms. The molecule has 3 unspecified atom stereocenters. The lowest BCUT2D eigenvalue weighted by atomic mass is 9.74. The highest BCUT2D eigenvalue weighted by atomic mass is 19.1. The lowest BCUT2D eigenvalue weighted by molar-refractivity contribution is 0.0224. The van der Waals surface area contributed by atoms with Gasteiger partial charge in [0.15, 0.2) is 11.5 Å². The first-order chi connectivity index (χ1) is 13.1. The molecule has 150 valence electrons. The minimum atomic E-state index is -0.357. The van der Waals surface area contributed by atoms with Crippen molar-refractivity contribution in [1.82, 2.24) is 4.90 Å². The van der Waals surface area contributed by atoms with Gasteiger partial charge in [0.25, 0.3) is 0 Å². The van der Waals surface area contributed by atoms with Crippen molar-refractivity contribution >= 4 is 0 Å². The Bertz CT molecular complexity index is 674. The van der Waals surface area contributed by atoms with Gasteiger partial charge in [-0.25, -0.2) is 0 Å². The lowest BCUT2D eigenvalue weighted by Crippen LogP contribution is -2.50. The zero-order chi connectivity index (χ0) is 19.0. The molecule has 1 aromatic carbocycles. The molecule has 3 aliphatic heterocycles. The number of fused-ring (bicyclic) bond motifs is 3. The molecular formula is C22H32FNO3. The van der Waals surface area contributed by atoms with Crippen LogP contribution >= 0.6 is 0 Å². The van der Waals surface area contributed by atoms with E-state index in [0.717, 1.165) is 44.0 Å². The normalized spacial score (nSPS) is 29.5. The van der Waals surface area contributed by atoms with E-state index in [0.29, 0.717) is 30.9 Å². The summed E-state index contributed by atoms with van der Waals surface area (Å²) in [5.74, 6) is 2.84. The molecule has 2 saturated heterocycles. The van der Waals surface area contributed by atoms with Crippen molar-refractivity contribution in [2.75, 3.05) is 40.1 Å². The number of hydrogen-bond acceptors (Lipinski definition) is 4. The molecule has 1 spiro atoms. The highest BCUT2D eigenvalue weighted by Crippen LogP contribution is 2.53. The first kappa shape index (κ1) is 19.0.